The maximum absolute atomic E-state index is 5.93. The highest BCUT2D eigenvalue weighted by molar-refractivity contribution is 6.69. The van der Waals surface area contributed by atoms with Crippen molar-refractivity contribution in [2.24, 2.45) is 0 Å². The lowest BCUT2D eigenvalue weighted by Crippen LogP contribution is -2.25. The molecule has 0 bridgehead atoms. The van der Waals surface area contributed by atoms with Crippen LogP contribution in [0.3, 0.4) is 0 Å². The van der Waals surface area contributed by atoms with Crippen LogP contribution in [0.2, 0.25) is 25.7 Å². The largest absolute Gasteiger partial charge is 0.449 e. The molecular formula is C23H70O10Si11. The number of hydrogen-bond acceptors (Lipinski definition) is 10. The highest BCUT2D eigenvalue weighted by atomic mass is 28.4. The third-order valence-corrected chi connectivity index (χ3v) is 20.8. The van der Waals surface area contributed by atoms with Crippen molar-refractivity contribution >= 4 is 109 Å². The third kappa shape index (κ3) is 44.0. The average Bonchev–Trinajstić information content (AvgIpc) is 3.00. The van der Waals surface area contributed by atoms with Crippen molar-refractivity contribution in [2.75, 3.05) is 6.61 Å². The third-order valence-electron chi connectivity index (χ3n) is 6.84. The minimum atomic E-state index is -1.30. The van der Waals surface area contributed by atoms with Crippen molar-refractivity contribution in [3.8, 4) is 0 Å². The number of rotatable bonds is 39. The molecule has 0 aromatic rings. The molecule has 0 radical (unpaired) electrons. The molecule has 21 heteroatoms. The van der Waals surface area contributed by atoms with E-state index >= 15 is 0 Å². The highest BCUT2D eigenvalue weighted by Crippen LogP contribution is 2.15. The van der Waals surface area contributed by atoms with Crippen LogP contribution in [0.5, 0.6) is 0 Å². The molecule has 0 fully saturated rings. The molecule has 0 unspecified atom stereocenters. The Morgan fingerprint density at radius 1 is 0.386 bits per heavy atom. The SMILES string of the molecule is C[Si](C)(C)OCCCCCCCCCCCCCCCCCCCC[SiH2]O[SiH2]O[SiH2]O[SiH2]O[SiH2]O[SiH2]O[SiH2]O[SiH2]O[SiH2]O[SiH3]. The zero-order valence-electron chi connectivity index (χ0n) is 29.1. The summed E-state index contributed by atoms with van der Waals surface area (Å²) in [6, 6.07) is 1.29. The molecule has 0 aromatic carbocycles. The van der Waals surface area contributed by atoms with Crippen LogP contribution in [0, 0.1) is 0 Å². The van der Waals surface area contributed by atoms with Crippen LogP contribution in [0.25, 0.3) is 0 Å². The first-order valence-corrected chi connectivity index (χ1v) is 32.3. The van der Waals surface area contributed by atoms with Gasteiger partial charge < -0.3 is 41.5 Å². The minimum Gasteiger partial charge on any atom is -0.449 e. The Hall–Kier alpha value is 1.99. The number of unbranched alkanes of at least 4 members (excludes halogenated alkanes) is 17. The monoisotopic (exact) mass is 814 g/mol. The molecule has 0 amide bonds. The summed E-state index contributed by atoms with van der Waals surface area (Å²) >= 11 is 0. The molecule has 266 valence electrons. The van der Waals surface area contributed by atoms with Crippen molar-refractivity contribution in [1.29, 1.82) is 0 Å². The van der Waals surface area contributed by atoms with Crippen LogP contribution in [-0.4, -0.2) is 115 Å². The van der Waals surface area contributed by atoms with E-state index in [0.717, 1.165) is 17.1 Å². The zero-order chi connectivity index (χ0) is 32.1. The van der Waals surface area contributed by atoms with Crippen LogP contribution in [0.15, 0.2) is 0 Å². The first kappa shape index (κ1) is 46.0. The van der Waals surface area contributed by atoms with Crippen molar-refractivity contribution in [3.05, 3.63) is 0 Å². The quantitative estimate of drug-likeness (QED) is 0.0557. The molecule has 0 saturated heterocycles. The molecule has 0 rings (SSSR count). The Labute approximate surface area is 296 Å². The van der Waals surface area contributed by atoms with Crippen molar-refractivity contribution < 1.29 is 41.5 Å². The minimum absolute atomic E-state index is 0.383. The summed E-state index contributed by atoms with van der Waals surface area (Å²) in [4.78, 5) is 0. The van der Waals surface area contributed by atoms with Gasteiger partial charge in [-0.1, -0.05) is 109 Å². The molecule has 0 N–H and O–H groups in total. The van der Waals surface area contributed by atoms with Gasteiger partial charge in [-0.3, -0.25) is 0 Å². The lowest BCUT2D eigenvalue weighted by molar-refractivity contribution is 0.298. The smallest absolute Gasteiger partial charge is 0.286 e. The van der Waals surface area contributed by atoms with Crippen molar-refractivity contribution in [2.45, 2.75) is 141 Å². The van der Waals surface area contributed by atoms with Gasteiger partial charge in [-0.05, 0) is 32.1 Å². The van der Waals surface area contributed by atoms with Crippen LogP contribution in [-0.2, 0) is 41.5 Å². The lowest BCUT2D eigenvalue weighted by Gasteiger charge is -2.16. The van der Waals surface area contributed by atoms with E-state index in [2.05, 4.69) is 19.6 Å². The van der Waals surface area contributed by atoms with Crippen molar-refractivity contribution in [1.82, 2.24) is 0 Å². The Morgan fingerprint density at radius 2 is 0.682 bits per heavy atom. The van der Waals surface area contributed by atoms with E-state index in [0.29, 0.717) is 0 Å². The molecule has 0 aromatic heterocycles. The van der Waals surface area contributed by atoms with E-state index < -0.39 is 88.4 Å². The molecule has 0 aliphatic carbocycles. The van der Waals surface area contributed by atoms with E-state index in [1.54, 1.807) is 0 Å². The molecule has 44 heavy (non-hydrogen) atoms. The summed E-state index contributed by atoms with van der Waals surface area (Å²) in [6.07, 6.45) is 25.3. The van der Waals surface area contributed by atoms with E-state index in [1.165, 1.54) is 122 Å². The molecule has 0 aliphatic heterocycles. The maximum atomic E-state index is 5.93. The Kier molecular flexibility index (Phi) is 41.2. The van der Waals surface area contributed by atoms with Crippen molar-refractivity contribution in [3.63, 3.8) is 0 Å². The Balaban J connectivity index is 3.05. The van der Waals surface area contributed by atoms with Crippen LogP contribution in [0.4, 0.5) is 0 Å². The van der Waals surface area contributed by atoms with Gasteiger partial charge in [-0.25, -0.2) is 0 Å². The molecule has 0 atom stereocenters. The van der Waals surface area contributed by atoms with E-state index in [4.69, 9.17) is 41.5 Å². The molecule has 0 spiro atoms. The fourth-order valence-corrected chi connectivity index (χ4v) is 21.9. The topological polar surface area (TPSA) is 92.3 Å². The van der Waals surface area contributed by atoms with Gasteiger partial charge in [0.25, 0.3) is 80.1 Å². The van der Waals surface area contributed by atoms with Gasteiger partial charge in [0.15, 0.2) is 8.32 Å². The summed E-state index contributed by atoms with van der Waals surface area (Å²) in [5.74, 6) is 0. The predicted octanol–water partition coefficient (Wildman–Crippen LogP) is -1.22. The molecule has 10 nitrogen and oxygen atoms in total. The van der Waals surface area contributed by atoms with Crippen LogP contribution in [0.1, 0.15) is 116 Å². The fourth-order valence-electron chi connectivity index (χ4n) is 4.48. The summed E-state index contributed by atoms with van der Waals surface area (Å²) in [6.45, 7) is 7.81. The van der Waals surface area contributed by atoms with E-state index in [-0.39, 0.29) is 9.76 Å². The number of hydrogen-bond donors (Lipinski definition) is 0. The van der Waals surface area contributed by atoms with Gasteiger partial charge in [0.1, 0.15) is 20.2 Å². The van der Waals surface area contributed by atoms with Gasteiger partial charge >= 0.3 is 0 Å². The Bertz CT molecular complexity index is 550. The normalized spacial score (nSPS) is 14.5. The molecule has 0 saturated carbocycles. The Morgan fingerprint density at radius 3 is 1.02 bits per heavy atom. The first-order valence-electron chi connectivity index (χ1n) is 17.3. The summed E-state index contributed by atoms with van der Waals surface area (Å²) < 4.78 is 55.2. The van der Waals surface area contributed by atoms with Gasteiger partial charge in [0, 0.05) is 6.61 Å². The molecular weight excluding hydrogens is 745 g/mol. The van der Waals surface area contributed by atoms with Crippen LogP contribution < -0.4 is 0 Å². The highest BCUT2D eigenvalue weighted by Gasteiger charge is 2.12. The van der Waals surface area contributed by atoms with E-state index in [1.807, 2.05) is 0 Å². The molecule has 0 aliphatic rings. The average molecular weight is 816 g/mol. The predicted molar refractivity (Wildman–Crippen MR) is 214 cm³/mol. The lowest BCUT2D eigenvalue weighted by atomic mass is 10.0. The van der Waals surface area contributed by atoms with E-state index in [9.17, 15) is 0 Å². The van der Waals surface area contributed by atoms with Gasteiger partial charge in [-0.2, -0.15) is 0 Å². The summed E-state index contributed by atoms with van der Waals surface area (Å²) in [5, 5.41) is 0. The fraction of sp³-hybridized carbons (Fsp3) is 1.00. The summed E-state index contributed by atoms with van der Waals surface area (Å²) in [7, 11) is -8.01. The van der Waals surface area contributed by atoms with Crippen LogP contribution >= 0.6 is 0 Å². The summed E-state index contributed by atoms with van der Waals surface area (Å²) in [5.41, 5.74) is 0. The first-order chi connectivity index (χ1) is 21.6. The maximum Gasteiger partial charge on any atom is 0.286 e. The van der Waals surface area contributed by atoms with Gasteiger partial charge in [0.05, 0.1) is 0 Å². The second-order valence-electron chi connectivity index (χ2n) is 12.2. The second-order valence-corrected chi connectivity index (χ2v) is 35.1. The zero-order valence-corrected chi connectivity index (χ0v) is 44.8. The standard InChI is InChI=1S/C23H70O10Si11/c1-44(2,3)24-22-20-18-16-14-12-10-8-6-4-5-7-9-11-13-15-17-19-21-23-35-26-37-28-39-30-41-32-43-33-42-31-40-29-38-27-36-25-34/h4-23,35-43H2,1-3,34H3. The van der Waals surface area contributed by atoms with Gasteiger partial charge in [0.2, 0.25) is 0 Å². The second kappa shape index (κ2) is 39.4. The molecule has 0 heterocycles. The van der Waals surface area contributed by atoms with Gasteiger partial charge in [-0.15, -0.1) is 0 Å².